The highest BCUT2D eigenvalue weighted by molar-refractivity contribution is 7.99. The lowest BCUT2D eigenvalue weighted by atomic mass is 10.3. The van der Waals surface area contributed by atoms with Crippen molar-refractivity contribution in [2.75, 3.05) is 11.1 Å². The highest BCUT2D eigenvalue weighted by Crippen LogP contribution is 2.33. The van der Waals surface area contributed by atoms with Crippen molar-refractivity contribution in [3.63, 3.8) is 0 Å². The number of pyridine rings is 1. The Balaban J connectivity index is 1.75. The molecule has 11 heteroatoms. The first kappa shape index (κ1) is 18.5. The van der Waals surface area contributed by atoms with E-state index in [0.29, 0.717) is 5.69 Å². The minimum Gasteiger partial charge on any atom is -0.325 e. The molecule has 2 aromatic heterocycles. The number of nitrogens with one attached hydrogen (secondary N) is 1. The van der Waals surface area contributed by atoms with Gasteiger partial charge in [-0.3, -0.25) is 9.20 Å². The smallest absolute Gasteiger partial charge is 0.325 e. The molecule has 0 aliphatic carbocycles. The third-order valence-electron chi connectivity index (χ3n) is 3.22. The first-order chi connectivity index (χ1) is 12.2. The zero-order valence-corrected chi connectivity index (χ0v) is 14.3. The molecule has 0 radical (unpaired) electrons. The first-order valence-corrected chi connectivity index (χ1v) is 8.40. The quantitative estimate of drug-likeness (QED) is 0.521. The van der Waals surface area contributed by atoms with E-state index in [1.807, 2.05) is 0 Å². The molecule has 0 spiro atoms. The minimum absolute atomic E-state index is 0.0566. The molecule has 1 N–H and O–H groups in total. The molecule has 3 aromatic rings. The van der Waals surface area contributed by atoms with Crippen LogP contribution >= 0.6 is 23.4 Å². The van der Waals surface area contributed by atoms with Crippen LogP contribution in [0.5, 0.6) is 0 Å². The van der Waals surface area contributed by atoms with Gasteiger partial charge in [-0.15, -0.1) is 10.2 Å². The van der Waals surface area contributed by atoms with E-state index in [0.717, 1.165) is 28.4 Å². The highest BCUT2D eigenvalue weighted by Gasteiger charge is 2.32. The molecular formula is C15H9ClF4N4OS. The van der Waals surface area contributed by atoms with E-state index in [1.54, 1.807) is 0 Å². The van der Waals surface area contributed by atoms with Gasteiger partial charge in [0.1, 0.15) is 5.82 Å². The van der Waals surface area contributed by atoms with Gasteiger partial charge in [-0.1, -0.05) is 23.4 Å². The van der Waals surface area contributed by atoms with Gasteiger partial charge in [0.05, 0.1) is 16.3 Å². The summed E-state index contributed by atoms with van der Waals surface area (Å²) in [6.07, 6.45) is -3.76. The lowest BCUT2D eigenvalue weighted by Crippen LogP contribution is -2.14. The number of hydrogen-bond acceptors (Lipinski definition) is 4. The van der Waals surface area contributed by atoms with Gasteiger partial charge in [0, 0.05) is 11.9 Å². The topological polar surface area (TPSA) is 59.3 Å². The summed E-state index contributed by atoms with van der Waals surface area (Å²) in [6, 6.07) is 5.92. The van der Waals surface area contributed by atoms with Crippen LogP contribution in [0.1, 0.15) is 5.56 Å². The fraction of sp³-hybridized carbons (Fsp3) is 0.133. The summed E-state index contributed by atoms with van der Waals surface area (Å²) in [4.78, 5) is 11.9. The van der Waals surface area contributed by atoms with E-state index < -0.39 is 23.5 Å². The Morgan fingerprint density at radius 1 is 1.23 bits per heavy atom. The number of carbonyl (C=O) groups excluding carboxylic acids is 1. The SMILES string of the molecule is O=C(CSc1nnc2c(Cl)cc(C(F)(F)F)cn12)Nc1ccc(F)cc1. The highest BCUT2D eigenvalue weighted by atomic mass is 35.5. The monoisotopic (exact) mass is 404 g/mol. The summed E-state index contributed by atoms with van der Waals surface area (Å²) in [6.45, 7) is 0. The number of nitrogens with zero attached hydrogens (tertiary/aromatic N) is 3. The molecule has 3 rings (SSSR count). The Morgan fingerprint density at radius 3 is 2.58 bits per heavy atom. The average molecular weight is 405 g/mol. The van der Waals surface area contributed by atoms with Crippen molar-refractivity contribution in [3.05, 3.63) is 52.9 Å². The van der Waals surface area contributed by atoms with Crippen LogP contribution in [0.15, 0.2) is 41.7 Å². The molecule has 0 bridgehead atoms. The van der Waals surface area contributed by atoms with Crippen molar-refractivity contribution in [3.8, 4) is 0 Å². The van der Waals surface area contributed by atoms with Crippen LogP contribution in [0, 0.1) is 5.82 Å². The van der Waals surface area contributed by atoms with E-state index in [4.69, 9.17) is 11.6 Å². The van der Waals surface area contributed by atoms with Crippen molar-refractivity contribution in [2.45, 2.75) is 11.3 Å². The molecule has 1 amide bonds. The van der Waals surface area contributed by atoms with E-state index in [9.17, 15) is 22.4 Å². The Bertz CT molecular complexity index is 959. The maximum absolute atomic E-state index is 12.9. The van der Waals surface area contributed by atoms with Crippen LogP contribution in [0.25, 0.3) is 5.65 Å². The van der Waals surface area contributed by atoms with Gasteiger partial charge in [0.15, 0.2) is 10.8 Å². The molecule has 0 aliphatic heterocycles. The molecular weight excluding hydrogens is 396 g/mol. The van der Waals surface area contributed by atoms with Gasteiger partial charge in [-0.05, 0) is 30.3 Å². The summed E-state index contributed by atoms with van der Waals surface area (Å²) >= 11 is 6.71. The molecule has 0 saturated heterocycles. The summed E-state index contributed by atoms with van der Waals surface area (Å²) < 4.78 is 52.6. The minimum atomic E-state index is -4.58. The summed E-state index contributed by atoms with van der Waals surface area (Å²) in [5.41, 5.74) is -0.501. The lowest BCUT2D eigenvalue weighted by molar-refractivity contribution is -0.137. The molecule has 0 atom stereocenters. The molecule has 0 aliphatic rings. The van der Waals surface area contributed by atoms with E-state index in [-0.39, 0.29) is 21.6 Å². The number of halogens is 5. The Kier molecular flexibility index (Phi) is 5.05. The predicted molar refractivity (Wildman–Crippen MR) is 88.8 cm³/mol. The van der Waals surface area contributed by atoms with Crippen molar-refractivity contribution in [1.29, 1.82) is 0 Å². The van der Waals surface area contributed by atoms with Gasteiger partial charge in [0.25, 0.3) is 0 Å². The number of rotatable bonds is 4. The lowest BCUT2D eigenvalue weighted by Gasteiger charge is -2.08. The summed E-state index contributed by atoms with van der Waals surface area (Å²) in [7, 11) is 0. The largest absolute Gasteiger partial charge is 0.417 e. The van der Waals surface area contributed by atoms with Gasteiger partial charge in [-0.25, -0.2) is 4.39 Å². The van der Waals surface area contributed by atoms with Crippen LogP contribution in [-0.4, -0.2) is 26.3 Å². The average Bonchev–Trinajstić information content (AvgIpc) is 2.98. The number of amides is 1. The van der Waals surface area contributed by atoms with Crippen molar-refractivity contribution in [2.24, 2.45) is 0 Å². The first-order valence-electron chi connectivity index (χ1n) is 7.04. The fourth-order valence-electron chi connectivity index (χ4n) is 2.05. The number of fused-ring (bicyclic) bond motifs is 1. The third-order valence-corrected chi connectivity index (χ3v) is 4.44. The van der Waals surface area contributed by atoms with E-state index in [2.05, 4.69) is 15.5 Å². The van der Waals surface area contributed by atoms with Crippen LogP contribution in [0.2, 0.25) is 5.02 Å². The third kappa shape index (κ3) is 4.07. The normalized spacial score (nSPS) is 11.7. The molecule has 26 heavy (non-hydrogen) atoms. The number of aromatic nitrogens is 3. The fourth-order valence-corrected chi connectivity index (χ4v) is 3.00. The van der Waals surface area contributed by atoms with Crippen LogP contribution in [-0.2, 0) is 11.0 Å². The number of hydrogen-bond donors (Lipinski definition) is 1. The number of alkyl halides is 3. The molecule has 5 nitrogen and oxygen atoms in total. The van der Waals surface area contributed by atoms with Crippen molar-refractivity contribution in [1.82, 2.24) is 14.6 Å². The second kappa shape index (κ2) is 7.12. The number of carbonyl (C=O) groups is 1. The van der Waals surface area contributed by atoms with E-state index in [1.165, 1.54) is 24.3 Å². The standard InChI is InChI=1S/C15H9ClF4N4OS/c16-11-5-8(15(18,19)20)6-24-13(11)22-23-14(24)26-7-12(25)21-10-3-1-9(17)2-4-10/h1-6H,7H2,(H,21,25). The summed E-state index contributed by atoms with van der Waals surface area (Å²) in [5, 5.41) is 9.92. The Morgan fingerprint density at radius 2 is 1.92 bits per heavy atom. The molecule has 0 fully saturated rings. The van der Waals surface area contributed by atoms with E-state index >= 15 is 0 Å². The second-order valence-electron chi connectivity index (χ2n) is 5.09. The van der Waals surface area contributed by atoms with Crippen LogP contribution in [0.3, 0.4) is 0 Å². The molecule has 2 heterocycles. The van der Waals surface area contributed by atoms with Crippen LogP contribution in [0.4, 0.5) is 23.2 Å². The van der Waals surface area contributed by atoms with Crippen molar-refractivity contribution >= 4 is 40.6 Å². The maximum Gasteiger partial charge on any atom is 0.417 e. The molecule has 0 saturated carbocycles. The summed E-state index contributed by atoms with van der Waals surface area (Å²) in [5.74, 6) is -1.01. The molecule has 1 aromatic carbocycles. The number of anilines is 1. The Labute approximate surface area is 153 Å². The second-order valence-corrected chi connectivity index (χ2v) is 6.44. The number of thioether (sulfide) groups is 1. The van der Waals surface area contributed by atoms with Crippen LogP contribution < -0.4 is 5.32 Å². The zero-order chi connectivity index (χ0) is 18.9. The Hall–Kier alpha value is -2.33. The van der Waals surface area contributed by atoms with Gasteiger partial charge < -0.3 is 5.32 Å². The molecule has 0 unspecified atom stereocenters. The zero-order valence-electron chi connectivity index (χ0n) is 12.7. The van der Waals surface area contributed by atoms with Crippen molar-refractivity contribution < 1.29 is 22.4 Å². The van der Waals surface area contributed by atoms with Gasteiger partial charge in [-0.2, -0.15) is 13.2 Å². The predicted octanol–water partition coefficient (Wildman–Crippen LogP) is 4.27. The number of benzene rings is 1. The maximum atomic E-state index is 12.9. The van der Waals surface area contributed by atoms with Gasteiger partial charge >= 0.3 is 6.18 Å². The molecule has 136 valence electrons. The van der Waals surface area contributed by atoms with Gasteiger partial charge in [0.2, 0.25) is 5.91 Å².